The maximum atomic E-state index is 13.5. The Bertz CT molecular complexity index is 946. The molecule has 0 radical (unpaired) electrons. The molecular formula is C19H13F2NO2S. The minimum atomic E-state index is -0.721. The molecule has 3 nitrogen and oxygen atoms in total. The van der Waals surface area contributed by atoms with Crippen LogP contribution < -0.4 is 5.32 Å². The predicted octanol–water partition coefficient (Wildman–Crippen LogP) is 5.07. The summed E-state index contributed by atoms with van der Waals surface area (Å²) >= 11 is 1.29. The van der Waals surface area contributed by atoms with Gasteiger partial charge in [0.2, 0.25) is 0 Å². The molecule has 0 fully saturated rings. The van der Waals surface area contributed by atoms with Gasteiger partial charge in [-0.3, -0.25) is 9.59 Å². The summed E-state index contributed by atoms with van der Waals surface area (Å²) in [5, 5.41) is 4.53. The first-order valence-corrected chi connectivity index (χ1v) is 8.27. The number of amides is 1. The van der Waals surface area contributed by atoms with Gasteiger partial charge in [-0.1, -0.05) is 12.1 Å². The average Bonchev–Trinajstić information content (AvgIpc) is 3.00. The number of halogens is 2. The number of rotatable bonds is 4. The summed E-state index contributed by atoms with van der Waals surface area (Å²) in [7, 11) is 0. The Balaban J connectivity index is 2.06. The van der Waals surface area contributed by atoms with E-state index in [0.29, 0.717) is 28.0 Å². The molecule has 3 aromatic rings. The lowest BCUT2D eigenvalue weighted by Gasteiger charge is -2.12. The zero-order valence-corrected chi connectivity index (χ0v) is 14.0. The van der Waals surface area contributed by atoms with Crippen LogP contribution in [0, 0.1) is 18.6 Å². The van der Waals surface area contributed by atoms with Gasteiger partial charge in [-0.2, -0.15) is 0 Å². The predicted molar refractivity (Wildman–Crippen MR) is 94.2 cm³/mol. The first-order chi connectivity index (χ1) is 12.0. The van der Waals surface area contributed by atoms with E-state index in [2.05, 4.69) is 5.32 Å². The summed E-state index contributed by atoms with van der Waals surface area (Å²) in [6.07, 6.45) is 0.641. The van der Waals surface area contributed by atoms with Crippen LogP contribution in [-0.4, -0.2) is 12.2 Å². The zero-order chi connectivity index (χ0) is 18.0. The Morgan fingerprint density at radius 2 is 1.80 bits per heavy atom. The number of aldehydes is 1. The molecule has 0 saturated heterocycles. The van der Waals surface area contributed by atoms with Crippen molar-refractivity contribution < 1.29 is 18.4 Å². The molecule has 25 heavy (non-hydrogen) atoms. The van der Waals surface area contributed by atoms with Gasteiger partial charge in [-0.25, -0.2) is 8.78 Å². The van der Waals surface area contributed by atoms with Gasteiger partial charge in [0, 0.05) is 22.9 Å². The van der Waals surface area contributed by atoms with Crippen LogP contribution in [0.4, 0.5) is 14.5 Å². The first-order valence-electron chi connectivity index (χ1n) is 7.39. The summed E-state index contributed by atoms with van der Waals surface area (Å²) in [5.41, 5.74) is 2.18. The maximum Gasteiger partial charge on any atom is 0.266 e. The van der Waals surface area contributed by atoms with E-state index in [0.717, 1.165) is 11.6 Å². The van der Waals surface area contributed by atoms with Gasteiger partial charge < -0.3 is 5.32 Å². The molecule has 126 valence electrons. The Morgan fingerprint density at radius 3 is 2.40 bits per heavy atom. The highest BCUT2D eigenvalue weighted by Crippen LogP contribution is 2.31. The van der Waals surface area contributed by atoms with E-state index >= 15 is 0 Å². The van der Waals surface area contributed by atoms with Crippen LogP contribution in [0.2, 0.25) is 0 Å². The Kier molecular flexibility index (Phi) is 4.72. The average molecular weight is 357 g/mol. The van der Waals surface area contributed by atoms with E-state index in [4.69, 9.17) is 0 Å². The molecule has 3 rings (SSSR count). The number of carbonyl (C=O) groups is 2. The van der Waals surface area contributed by atoms with Crippen LogP contribution in [0.1, 0.15) is 25.6 Å². The van der Waals surface area contributed by atoms with Crippen LogP contribution in [0.25, 0.3) is 11.1 Å². The van der Waals surface area contributed by atoms with Crippen molar-refractivity contribution >= 4 is 29.2 Å². The second-order valence-electron chi connectivity index (χ2n) is 5.47. The fourth-order valence-electron chi connectivity index (χ4n) is 2.48. The van der Waals surface area contributed by atoms with E-state index in [9.17, 15) is 18.4 Å². The summed E-state index contributed by atoms with van der Waals surface area (Å²) in [6, 6.07) is 9.49. The third-order valence-corrected chi connectivity index (χ3v) is 4.69. The van der Waals surface area contributed by atoms with Crippen molar-refractivity contribution in [3.05, 3.63) is 75.5 Å². The lowest BCUT2D eigenvalue weighted by atomic mass is 10.0. The van der Waals surface area contributed by atoms with Gasteiger partial charge >= 0.3 is 0 Å². The number of carbonyl (C=O) groups excluding carboxylic acids is 2. The molecule has 1 amide bonds. The number of hydrogen-bond donors (Lipinski definition) is 1. The summed E-state index contributed by atoms with van der Waals surface area (Å²) in [5.74, 6) is -1.78. The molecule has 0 atom stereocenters. The smallest absolute Gasteiger partial charge is 0.266 e. The molecule has 0 unspecified atom stereocenters. The second kappa shape index (κ2) is 6.94. The van der Waals surface area contributed by atoms with E-state index in [-0.39, 0.29) is 11.5 Å². The highest BCUT2D eigenvalue weighted by atomic mass is 32.1. The topological polar surface area (TPSA) is 46.2 Å². The van der Waals surface area contributed by atoms with Crippen LogP contribution >= 0.6 is 11.3 Å². The largest absolute Gasteiger partial charge is 0.321 e. The fraction of sp³-hybridized carbons (Fsp3) is 0.0526. The standard InChI is InChI=1S/C19H13F2NO2S/c1-11-4-5-25-18(11)19(24)22-17-6-12(10-23)2-3-16(17)13-7-14(20)9-15(21)8-13/h2-10H,1H3,(H,22,24). The third-order valence-electron chi connectivity index (χ3n) is 3.67. The molecule has 0 aliphatic heterocycles. The summed E-state index contributed by atoms with van der Waals surface area (Å²) < 4.78 is 27.1. The first kappa shape index (κ1) is 17.0. The van der Waals surface area contributed by atoms with Crippen molar-refractivity contribution in [3.8, 4) is 11.1 Å². The van der Waals surface area contributed by atoms with Crippen LogP contribution in [0.15, 0.2) is 47.8 Å². The van der Waals surface area contributed by atoms with Crippen LogP contribution in [0.5, 0.6) is 0 Å². The van der Waals surface area contributed by atoms with Crippen molar-refractivity contribution in [2.24, 2.45) is 0 Å². The van der Waals surface area contributed by atoms with Gasteiger partial charge in [0.25, 0.3) is 5.91 Å². The molecule has 1 aromatic heterocycles. The second-order valence-corrected chi connectivity index (χ2v) is 6.38. The Labute approximate surface area is 146 Å². The minimum Gasteiger partial charge on any atom is -0.321 e. The molecule has 6 heteroatoms. The van der Waals surface area contributed by atoms with Gasteiger partial charge in [0.1, 0.15) is 17.9 Å². The summed E-state index contributed by atoms with van der Waals surface area (Å²) in [4.78, 5) is 24.1. The van der Waals surface area contributed by atoms with E-state index < -0.39 is 11.6 Å². The molecule has 1 heterocycles. The van der Waals surface area contributed by atoms with Crippen LogP contribution in [-0.2, 0) is 0 Å². The SMILES string of the molecule is Cc1ccsc1C(=O)Nc1cc(C=O)ccc1-c1cc(F)cc(F)c1. The van der Waals surface area contributed by atoms with E-state index in [1.807, 2.05) is 13.0 Å². The Morgan fingerprint density at radius 1 is 1.08 bits per heavy atom. The molecular weight excluding hydrogens is 344 g/mol. The highest BCUT2D eigenvalue weighted by Gasteiger charge is 2.15. The zero-order valence-electron chi connectivity index (χ0n) is 13.2. The molecule has 1 N–H and O–H groups in total. The third kappa shape index (κ3) is 3.64. The van der Waals surface area contributed by atoms with Gasteiger partial charge in [0.05, 0.1) is 4.88 Å². The summed E-state index contributed by atoms with van der Waals surface area (Å²) in [6.45, 7) is 1.82. The van der Waals surface area contributed by atoms with Crippen molar-refractivity contribution in [1.29, 1.82) is 0 Å². The minimum absolute atomic E-state index is 0.271. The molecule has 0 aliphatic rings. The maximum absolute atomic E-state index is 13.5. The molecule has 0 bridgehead atoms. The lowest BCUT2D eigenvalue weighted by molar-refractivity contribution is 0.102. The van der Waals surface area contributed by atoms with E-state index in [1.54, 1.807) is 11.4 Å². The number of hydrogen-bond acceptors (Lipinski definition) is 3. The molecule has 2 aromatic carbocycles. The van der Waals surface area contributed by atoms with Crippen molar-refractivity contribution in [1.82, 2.24) is 0 Å². The van der Waals surface area contributed by atoms with Gasteiger partial charge in [0.15, 0.2) is 0 Å². The van der Waals surface area contributed by atoms with Gasteiger partial charge in [-0.15, -0.1) is 11.3 Å². The normalized spacial score (nSPS) is 10.5. The van der Waals surface area contributed by atoms with Gasteiger partial charge in [-0.05, 0) is 47.7 Å². The highest BCUT2D eigenvalue weighted by molar-refractivity contribution is 7.12. The van der Waals surface area contributed by atoms with E-state index in [1.165, 1.54) is 35.6 Å². The number of anilines is 1. The number of aryl methyl sites for hydroxylation is 1. The molecule has 0 spiro atoms. The Hall–Kier alpha value is -2.86. The fourth-order valence-corrected chi connectivity index (χ4v) is 3.30. The molecule has 0 aliphatic carbocycles. The number of nitrogens with one attached hydrogen (secondary N) is 1. The number of thiophene rings is 1. The quantitative estimate of drug-likeness (QED) is 0.663. The van der Waals surface area contributed by atoms with Crippen molar-refractivity contribution in [2.75, 3.05) is 5.32 Å². The monoisotopic (exact) mass is 357 g/mol. The molecule has 0 saturated carbocycles. The van der Waals surface area contributed by atoms with Crippen molar-refractivity contribution in [2.45, 2.75) is 6.92 Å². The van der Waals surface area contributed by atoms with Crippen molar-refractivity contribution in [3.63, 3.8) is 0 Å². The number of benzene rings is 2. The lowest BCUT2D eigenvalue weighted by Crippen LogP contribution is -2.12. The van der Waals surface area contributed by atoms with Crippen LogP contribution in [0.3, 0.4) is 0 Å².